The second-order valence-electron chi connectivity index (χ2n) is 6.86. The number of ether oxygens (including phenoxy) is 1. The van der Waals surface area contributed by atoms with Gasteiger partial charge in [0.25, 0.3) is 5.91 Å². The molecular formula is C21H30N2O5S. The fourth-order valence-corrected chi connectivity index (χ4v) is 3.01. The normalized spacial score (nSPS) is 10.5. The highest BCUT2D eigenvalue weighted by atomic mass is 32.1. The van der Waals surface area contributed by atoms with Crippen LogP contribution in [0.3, 0.4) is 0 Å². The SMILES string of the molecule is C=CCc1c(OCCCCC(=S=O)C(=O)NCCN(C)C)ccc(C(C)=O)c1O. The first kappa shape index (κ1) is 24.6. The number of phenols is 1. The van der Waals surface area contributed by atoms with E-state index in [1.807, 2.05) is 19.0 Å². The third kappa shape index (κ3) is 8.21. The van der Waals surface area contributed by atoms with Gasteiger partial charge in [-0.15, -0.1) is 6.58 Å². The summed E-state index contributed by atoms with van der Waals surface area (Å²) in [5, 5.41) is 13.0. The highest BCUT2D eigenvalue weighted by molar-refractivity contribution is 7.68. The van der Waals surface area contributed by atoms with Crippen molar-refractivity contribution in [3.05, 3.63) is 35.9 Å². The van der Waals surface area contributed by atoms with Crippen molar-refractivity contribution in [1.29, 1.82) is 0 Å². The first-order valence-corrected chi connectivity index (χ1v) is 10.2. The molecule has 0 heterocycles. The Morgan fingerprint density at radius 3 is 2.62 bits per heavy atom. The van der Waals surface area contributed by atoms with Gasteiger partial charge in [0, 0.05) is 18.7 Å². The van der Waals surface area contributed by atoms with Crippen LogP contribution >= 0.6 is 0 Å². The molecule has 0 spiro atoms. The molecule has 0 radical (unpaired) electrons. The Morgan fingerprint density at radius 2 is 2.03 bits per heavy atom. The summed E-state index contributed by atoms with van der Waals surface area (Å²) in [6.45, 7) is 6.63. The lowest BCUT2D eigenvalue weighted by atomic mass is 10.0. The van der Waals surface area contributed by atoms with Gasteiger partial charge in [-0.05, 0) is 58.8 Å². The van der Waals surface area contributed by atoms with Gasteiger partial charge in [0.05, 0.1) is 23.4 Å². The summed E-state index contributed by atoms with van der Waals surface area (Å²) >= 11 is 0.231. The topological polar surface area (TPSA) is 95.9 Å². The highest BCUT2D eigenvalue weighted by Crippen LogP contribution is 2.32. The van der Waals surface area contributed by atoms with E-state index in [9.17, 15) is 18.9 Å². The van der Waals surface area contributed by atoms with Crippen molar-refractivity contribution in [3.63, 3.8) is 0 Å². The quantitative estimate of drug-likeness (QED) is 0.218. The minimum absolute atomic E-state index is 0.0809. The smallest absolute Gasteiger partial charge is 0.260 e. The van der Waals surface area contributed by atoms with Gasteiger partial charge in [-0.1, -0.05) is 6.08 Å². The number of Topliss-reactive ketones (excluding diaryl/α,β-unsaturated/α-hetero) is 1. The number of hydrogen-bond acceptors (Lipinski definition) is 6. The largest absolute Gasteiger partial charge is 0.507 e. The van der Waals surface area contributed by atoms with Crippen molar-refractivity contribution in [2.45, 2.75) is 32.6 Å². The minimum atomic E-state index is -0.314. The number of unbranched alkanes of at least 4 members (excludes halogenated alkanes) is 1. The molecule has 0 saturated heterocycles. The van der Waals surface area contributed by atoms with Gasteiger partial charge in [0.15, 0.2) is 5.78 Å². The Kier molecular flexibility index (Phi) is 10.9. The molecule has 0 atom stereocenters. The molecule has 7 nitrogen and oxygen atoms in total. The standard InChI is InChI=1S/C21H30N2O5S/c1-5-8-17-18(11-10-16(15(2)24)20(17)25)28-14-7-6-9-19(29-27)21(26)22-12-13-23(3)4/h5,10-11,25H,1,6-9,12-14H2,2-4H3,(H,22,26). The van der Waals surface area contributed by atoms with Crippen LogP contribution in [0, 0.1) is 0 Å². The zero-order valence-electron chi connectivity index (χ0n) is 17.3. The number of ketones is 1. The van der Waals surface area contributed by atoms with Crippen LogP contribution in [0.1, 0.15) is 42.1 Å². The molecule has 0 aromatic heterocycles. The number of nitrogens with zero attached hydrogens (tertiary/aromatic N) is 1. The Balaban J connectivity index is 2.54. The third-order valence-corrected chi connectivity index (χ3v) is 4.81. The van der Waals surface area contributed by atoms with Crippen molar-refractivity contribution in [2.24, 2.45) is 0 Å². The number of hydrogen-bond donors (Lipinski definition) is 2. The average molecular weight is 423 g/mol. The predicted molar refractivity (Wildman–Crippen MR) is 116 cm³/mol. The number of likely N-dealkylation sites (N-methyl/N-ethyl adjacent to an activating group) is 1. The Morgan fingerprint density at radius 1 is 1.31 bits per heavy atom. The molecule has 1 aromatic carbocycles. The molecule has 8 heteroatoms. The van der Waals surface area contributed by atoms with E-state index < -0.39 is 0 Å². The molecule has 0 aliphatic rings. The number of allylic oxidation sites excluding steroid dienone is 1. The van der Waals surface area contributed by atoms with Crippen molar-refractivity contribution in [3.8, 4) is 11.5 Å². The van der Waals surface area contributed by atoms with E-state index in [4.69, 9.17) is 4.74 Å². The molecule has 0 unspecified atom stereocenters. The van der Waals surface area contributed by atoms with E-state index in [1.165, 1.54) is 13.0 Å². The van der Waals surface area contributed by atoms with Crippen LogP contribution in [0.2, 0.25) is 0 Å². The van der Waals surface area contributed by atoms with Gasteiger partial charge in [-0.25, -0.2) is 4.21 Å². The molecule has 0 saturated carbocycles. The molecule has 0 aliphatic heterocycles. The molecule has 0 fully saturated rings. The lowest BCUT2D eigenvalue weighted by Crippen LogP contribution is -2.35. The van der Waals surface area contributed by atoms with Crippen molar-refractivity contribution < 1.29 is 23.6 Å². The third-order valence-electron chi connectivity index (χ3n) is 4.22. The maximum Gasteiger partial charge on any atom is 0.260 e. The van der Waals surface area contributed by atoms with Crippen LogP contribution in [-0.4, -0.2) is 64.6 Å². The zero-order valence-corrected chi connectivity index (χ0v) is 18.1. The number of phenolic OH excluding ortho intramolecular Hbond substituents is 1. The first-order chi connectivity index (χ1) is 13.8. The molecule has 1 aromatic rings. The van der Waals surface area contributed by atoms with Crippen LogP contribution in [0.15, 0.2) is 24.8 Å². The molecule has 160 valence electrons. The van der Waals surface area contributed by atoms with Gasteiger partial charge in [0.1, 0.15) is 16.4 Å². The highest BCUT2D eigenvalue weighted by Gasteiger charge is 2.15. The van der Waals surface area contributed by atoms with E-state index in [1.54, 1.807) is 12.1 Å². The average Bonchev–Trinajstić information content (AvgIpc) is 2.66. The van der Waals surface area contributed by atoms with Crippen molar-refractivity contribution in [2.75, 3.05) is 33.8 Å². The van der Waals surface area contributed by atoms with Crippen LogP contribution < -0.4 is 10.1 Å². The minimum Gasteiger partial charge on any atom is -0.507 e. The summed E-state index contributed by atoms with van der Waals surface area (Å²) in [5.74, 6) is -0.119. The predicted octanol–water partition coefficient (Wildman–Crippen LogP) is 1.94. The molecule has 0 aliphatic carbocycles. The molecule has 1 rings (SSSR count). The van der Waals surface area contributed by atoms with Crippen LogP contribution in [0.25, 0.3) is 0 Å². The molecule has 29 heavy (non-hydrogen) atoms. The lowest BCUT2D eigenvalue weighted by molar-refractivity contribution is -0.114. The second-order valence-corrected chi connectivity index (χ2v) is 7.52. The van der Waals surface area contributed by atoms with E-state index in [0.717, 1.165) is 0 Å². The fraction of sp³-hybridized carbons (Fsp3) is 0.476. The summed E-state index contributed by atoms with van der Waals surface area (Å²) < 4.78 is 17.0. The van der Waals surface area contributed by atoms with E-state index >= 15 is 0 Å². The summed E-state index contributed by atoms with van der Waals surface area (Å²) in [7, 11) is 3.82. The van der Waals surface area contributed by atoms with E-state index in [-0.39, 0.29) is 39.1 Å². The number of aromatic hydroxyl groups is 1. The van der Waals surface area contributed by atoms with Gasteiger partial charge >= 0.3 is 0 Å². The van der Waals surface area contributed by atoms with Gasteiger partial charge < -0.3 is 20.1 Å². The maximum atomic E-state index is 12.0. The maximum absolute atomic E-state index is 12.0. The van der Waals surface area contributed by atoms with Crippen molar-refractivity contribution >= 4 is 27.8 Å². The molecule has 2 N–H and O–H groups in total. The second kappa shape index (κ2) is 12.9. The van der Waals surface area contributed by atoms with Gasteiger partial charge in [0.2, 0.25) is 0 Å². The summed E-state index contributed by atoms with van der Waals surface area (Å²) in [5.41, 5.74) is 0.775. The van der Waals surface area contributed by atoms with Crippen LogP contribution in [-0.2, 0) is 22.5 Å². The van der Waals surface area contributed by atoms with Crippen LogP contribution in [0.4, 0.5) is 0 Å². The number of benzene rings is 1. The monoisotopic (exact) mass is 422 g/mol. The summed E-state index contributed by atoms with van der Waals surface area (Å²) in [4.78, 5) is 25.8. The van der Waals surface area contributed by atoms with E-state index in [2.05, 4.69) is 11.9 Å². The van der Waals surface area contributed by atoms with E-state index in [0.29, 0.717) is 56.7 Å². The Bertz CT molecular complexity index is 786. The Labute approximate surface area is 175 Å². The zero-order chi connectivity index (χ0) is 21.8. The number of carbonyl (C=O) groups excluding carboxylic acids is 2. The molecule has 1 amide bonds. The van der Waals surface area contributed by atoms with Gasteiger partial charge in [-0.3, -0.25) is 9.59 Å². The number of rotatable bonds is 13. The van der Waals surface area contributed by atoms with Crippen molar-refractivity contribution in [1.82, 2.24) is 10.2 Å². The number of carbonyl (C=O) groups is 2. The fourth-order valence-electron chi connectivity index (χ4n) is 2.63. The first-order valence-electron chi connectivity index (χ1n) is 9.49. The number of amides is 1. The summed E-state index contributed by atoms with van der Waals surface area (Å²) in [6, 6.07) is 3.20. The molecular weight excluding hydrogens is 392 g/mol. The number of nitrogens with one attached hydrogen (secondary N) is 1. The Hall–Kier alpha value is -2.45. The van der Waals surface area contributed by atoms with Crippen LogP contribution in [0.5, 0.6) is 11.5 Å². The van der Waals surface area contributed by atoms with Gasteiger partial charge in [-0.2, -0.15) is 0 Å². The lowest BCUT2D eigenvalue weighted by Gasteiger charge is -2.14. The summed E-state index contributed by atoms with van der Waals surface area (Å²) in [6.07, 6.45) is 3.66. The molecule has 0 bridgehead atoms.